The third-order valence-electron chi connectivity index (χ3n) is 5.10. The van der Waals surface area contributed by atoms with Crippen molar-refractivity contribution in [1.82, 2.24) is 0 Å². The van der Waals surface area contributed by atoms with Crippen molar-refractivity contribution in [3.63, 3.8) is 0 Å². The normalized spacial score (nSPS) is 12.0. The average Bonchev–Trinajstić information content (AvgIpc) is 2.67. The highest BCUT2D eigenvalue weighted by Crippen LogP contribution is 2.33. The summed E-state index contributed by atoms with van der Waals surface area (Å²) in [6.07, 6.45) is 1.07. The van der Waals surface area contributed by atoms with Crippen molar-refractivity contribution in [3.8, 4) is 11.1 Å². The van der Waals surface area contributed by atoms with E-state index in [1.54, 1.807) is 0 Å². The average molecular weight is 326 g/mol. The van der Waals surface area contributed by atoms with Gasteiger partial charge in [0.05, 0.1) is 0 Å². The Balaban J connectivity index is 1.84. The Kier molecular flexibility index (Phi) is 5.19. The maximum Gasteiger partial charge on any atom is 0.00636 e. The molecule has 0 aromatic heterocycles. The second-order valence-electron chi connectivity index (χ2n) is 6.73. The van der Waals surface area contributed by atoms with Gasteiger partial charge in [0, 0.05) is 5.92 Å². The van der Waals surface area contributed by atoms with Crippen LogP contribution >= 0.6 is 0 Å². The fourth-order valence-electron chi connectivity index (χ4n) is 3.36. The standard InChI is InChI=1S/C25H26/c1-5-21-10-8-11-24(17-21)23-15-13-22(14-16-23)19(3)20(4)25-12-7-6-9-18(25)2/h6-17,20H,3,5H2,1-2,4H3. The van der Waals surface area contributed by atoms with Crippen LogP contribution in [0.25, 0.3) is 16.7 Å². The monoisotopic (exact) mass is 326 g/mol. The quantitative estimate of drug-likeness (QED) is 0.471. The number of benzene rings is 3. The molecular weight excluding hydrogens is 300 g/mol. The van der Waals surface area contributed by atoms with Gasteiger partial charge in [-0.1, -0.05) is 93.2 Å². The Labute approximate surface area is 151 Å². The minimum absolute atomic E-state index is 0.315. The Hall–Kier alpha value is -2.60. The minimum Gasteiger partial charge on any atom is -0.0946 e. The first-order valence-corrected chi connectivity index (χ1v) is 9.04. The second-order valence-corrected chi connectivity index (χ2v) is 6.73. The molecule has 1 atom stereocenters. The number of allylic oxidation sites excluding steroid dienone is 1. The summed E-state index contributed by atoms with van der Waals surface area (Å²) in [6, 6.07) is 26.2. The molecule has 0 amide bonds. The van der Waals surface area contributed by atoms with Gasteiger partial charge in [-0.15, -0.1) is 0 Å². The van der Waals surface area contributed by atoms with Crippen LogP contribution in [0.3, 0.4) is 0 Å². The highest BCUT2D eigenvalue weighted by Gasteiger charge is 2.13. The molecule has 0 saturated carbocycles. The number of aryl methyl sites for hydroxylation is 2. The van der Waals surface area contributed by atoms with Crippen LogP contribution in [-0.2, 0) is 6.42 Å². The van der Waals surface area contributed by atoms with Gasteiger partial charge >= 0.3 is 0 Å². The van der Waals surface area contributed by atoms with Crippen LogP contribution in [0.1, 0.15) is 42.0 Å². The molecule has 0 heterocycles. The third kappa shape index (κ3) is 3.74. The van der Waals surface area contributed by atoms with Gasteiger partial charge in [0.15, 0.2) is 0 Å². The molecule has 0 N–H and O–H groups in total. The SMILES string of the molecule is C=C(c1ccc(-c2cccc(CC)c2)cc1)C(C)c1ccccc1C. The summed E-state index contributed by atoms with van der Waals surface area (Å²) in [5, 5.41) is 0. The van der Waals surface area contributed by atoms with Gasteiger partial charge in [-0.3, -0.25) is 0 Å². The van der Waals surface area contributed by atoms with Gasteiger partial charge in [0.25, 0.3) is 0 Å². The first kappa shape index (κ1) is 17.2. The van der Waals surface area contributed by atoms with E-state index in [2.05, 4.69) is 100 Å². The van der Waals surface area contributed by atoms with Gasteiger partial charge in [0.1, 0.15) is 0 Å². The molecule has 0 nitrogen and oxygen atoms in total. The van der Waals surface area contributed by atoms with E-state index in [-0.39, 0.29) is 0 Å². The molecule has 0 bridgehead atoms. The molecule has 126 valence electrons. The highest BCUT2D eigenvalue weighted by molar-refractivity contribution is 5.73. The highest BCUT2D eigenvalue weighted by atomic mass is 14.2. The number of hydrogen-bond acceptors (Lipinski definition) is 0. The molecule has 25 heavy (non-hydrogen) atoms. The maximum absolute atomic E-state index is 4.37. The van der Waals surface area contributed by atoms with Crippen molar-refractivity contribution in [2.24, 2.45) is 0 Å². The Bertz CT molecular complexity index is 869. The summed E-state index contributed by atoms with van der Waals surface area (Å²) in [7, 11) is 0. The van der Waals surface area contributed by atoms with E-state index in [0.29, 0.717) is 5.92 Å². The third-order valence-corrected chi connectivity index (χ3v) is 5.10. The maximum atomic E-state index is 4.37. The fraction of sp³-hybridized carbons (Fsp3) is 0.200. The molecule has 3 aromatic rings. The molecule has 0 radical (unpaired) electrons. The van der Waals surface area contributed by atoms with E-state index in [1.807, 2.05) is 0 Å². The first-order chi connectivity index (χ1) is 12.1. The topological polar surface area (TPSA) is 0 Å². The van der Waals surface area contributed by atoms with Crippen LogP contribution in [0.4, 0.5) is 0 Å². The van der Waals surface area contributed by atoms with Gasteiger partial charge < -0.3 is 0 Å². The predicted octanol–water partition coefficient (Wildman–Crippen LogP) is 7.04. The van der Waals surface area contributed by atoms with Gasteiger partial charge in [-0.25, -0.2) is 0 Å². The smallest absolute Gasteiger partial charge is 0.00636 e. The lowest BCUT2D eigenvalue weighted by atomic mass is 9.86. The van der Waals surface area contributed by atoms with E-state index in [4.69, 9.17) is 0 Å². The molecular formula is C25H26. The second kappa shape index (κ2) is 7.53. The zero-order valence-corrected chi connectivity index (χ0v) is 15.4. The molecule has 0 aliphatic heterocycles. The molecule has 3 aromatic carbocycles. The zero-order valence-electron chi connectivity index (χ0n) is 15.4. The molecule has 1 unspecified atom stereocenters. The molecule has 0 aliphatic carbocycles. The van der Waals surface area contributed by atoms with Crippen molar-refractivity contribution < 1.29 is 0 Å². The van der Waals surface area contributed by atoms with E-state index >= 15 is 0 Å². The largest absolute Gasteiger partial charge is 0.0946 e. The summed E-state index contributed by atoms with van der Waals surface area (Å²) in [6.45, 7) is 11.0. The van der Waals surface area contributed by atoms with E-state index in [1.165, 1.54) is 39.0 Å². The van der Waals surface area contributed by atoms with Crippen molar-refractivity contribution >= 4 is 5.57 Å². The fourth-order valence-corrected chi connectivity index (χ4v) is 3.36. The van der Waals surface area contributed by atoms with Crippen LogP contribution < -0.4 is 0 Å². The van der Waals surface area contributed by atoms with Crippen LogP contribution in [0.5, 0.6) is 0 Å². The zero-order chi connectivity index (χ0) is 17.8. The van der Waals surface area contributed by atoms with Crippen molar-refractivity contribution in [2.75, 3.05) is 0 Å². The lowest BCUT2D eigenvalue weighted by Crippen LogP contribution is -1.99. The van der Waals surface area contributed by atoms with Gasteiger partial charge in [0.2, 0.25) is 0 Å². The predicted molar refractivity (Wildman–Crippen MR) is 110 cm³/mol. The van der Waals surface area contributed by atoms with Crippen molar-refractivity contribution in [2.45, 2.75) is 33.1 Å². The summed E-state index contributed by atoms with van der Waals surface area (Å²) < 4.78 is 0. The molecule has 0 saturated heterocycles. The number of hydrogen-bond donors (Lipinski definition) is 0. The molecule has 0 heteroatoms. The minimum atomic E-state index is 0.315. The summed E-state index contributed by atoms with van der Waals surface area (Å²) in [5.41, 5.74) is 8.98. The lowest BCUT2D eigenvalue weighted by Gasteiger charge is -2.18. The Morgan fingerprint density at radius 2 is 1.60 bits per heavy atom. The molecule has 3 rings (SSSR count). The van der Waals surface area contributed by atoms with Crippen molar-refractivity contribution in [3.05, 3.63) is 102 Å². The van der Waals surface area contributed by atoms with Crippen LogP contribution in [0.2, 0.25) is 0 Å². The Morgan fingerprint density at radius 1 is 0.880 bits per heavy atom. The summed E-state index contributed by atoms with van der Waals surface area (Å²) >= 11 is 0. The summed E-state index contributed by atoms with van der Waals surface area (Å²) in [4.78, 5) is 0. The van der Waals surface area contributed by atoms with E-state index in [9.17, 15) is 0 Å². The van der Waals surface area contributed by atoms with Gasteiger partial charge in [-0.05, 0) is 52.3 Å². The van der Waals surface area contributed by atoms with Crippen molar-refractivity contribution in [1.29, 1.82) is 0 Å². The lowest BCUT2D eigenvalue weighted by molar-refractivity contribution is 0.975. The molecule has 0 spiro atoms. The summed E-state index contributed by atoms with van der Waals surface area (Å²) in [5.74, 6) is 0.315. The van der Waals surface area contributed by atoms with Crippen LogP contribution in [0, 0.1) is 6.92 Å². The van der Waals surface area contributed by atoms with Crippen LogP contribution in [-0.4, -0.2) is 0 Å². The first-order valence-electron chi connectivity index (χ1n) is 9.04. The van der Waals surface area contributed by atoms with Crippen LogP contribution in [0.15, 0.2) is 79.4 Å². The van der Waals surface area contributed by atoms with Gasteiger partial charge in [-0.2, -0.15) is 0 Å². The van der Waals surface area contributed by atoms with E-state index < -0.39 is 0 Å². The Morgan fingerprint density at radius 3 is 2.28 bits per heavy atom. The molecule has 0 fully saturated rings. The number of rotatable bonds is 5. The van der Waals surface area contributed by atoms with E-state index in [0.717, 1.165) is 6.42 Å². The molecule has 0 aliphatic rings.